The zero-order chi connectivity index (χ0) is 15.4. The lowest BCUT2D eigenvalue weighted by Gasteiger charge is -2.04. The summed E-state index contributed by atoms with van der Waals surface area (Å²) in [7, 11) is 0. The molecule has 0 bridgehead atoms. The maximum absolute atomic E-state index is 13.0. The van der Waals surface area contributed by atoms with E-state index in [2.05, 4.69) is 10.3 Å². The molecule has 0 spiro atoms. The summed E-state index contributed by atoms with van der Waals surface area (Å²) in [5.74, 6) is -0.312. The van der Waals surface area contributed by atoms with E-state index in [1.165, 1.54) is 12.1 Å². The van der Waals surface area contributed by atoms with Gasteiger partial charge in [0.05, 0.1) is 18.0 Å². The van der Waals surface area contributed by atoms with Gasteiger partial charge in [0.15, 0.2) is 0 Å². The second kappa shape index (κ2) is 6.32. The number of rotatable bonds is 4. The highest BCUT2D eigenvalue weighted by molar-refractivity contribution is 5.69. The van der Waals surface area contributed by atoms with E-state index in [9.17, 15) is 9.50 Å². The Bertz CT molecular complexity index is 779. The van der Waals surface area contributed by atoms with Crippen molar-refractivity contribution in [2.24, 2.45) is 0 Å². The topological polar surface area (TPSA) is 50.9 Å². The van der Waals surface area contributed by atoms with E-state index in [4.69, 9.17) is 0 Å². The number of halogens is 1. The molecule has 1 aromatic heterocycles. The molecule has 1 heterocycles. The summed E-state index contributed by atoms with van der Waals surface area (Å²) in [5, 5.41) is 17.4. The standard InChI is InChI=1S/C17H14FN3O/c18-14-7-9-15(10-8-14)21-17(16(12-22)19-20-21)11-6-13-4-2-1-3-5-13/h1-11,22H,12H2/b11-6+. The summed E-state index contributed by atoms with van der Waals surface area (Å²) < 4.78 is 14.6. The first kappa shape index (κ1) is 14.2. The second-order valence-corrected chi connectivity index (χ2v) is 4.71. The molecule has 0 fully saturated rings. The third kappa shape index (κ3) is 2.94. The van der Waals surface area contributed by atoms with Gasteiger partial charge in [-0.05, 0) is 35.9 Å². The molecule has 0 amide bonds. The Kier molecular flexibility index (Phi) is 4.07. The van der Waals surface area contributed by atoms with Crippen LogP contribution in [0.5, 0.6) is 0 Å². The van der Waals surface area contributed by atoms with Crippen LogP contribution in [0.4, 0.5) is 4.39 Å². The summed E-state index contributed by atoms with van der Waals surface area (Å²) in [6.07, 6.45) is 3.75. The molecule has 5 heteroatoms. The molecule has 3 rings (SSSR count). The van der Waals surface area contributed by atoms with Crippen molar-refractivity contribution in [3.8, 4) is 5.69 Å². The van der Waals surface area contributed by atoms with Gasteiger partial charge in [0, 0.05) is 0 Å². The highest BCUT2D eigenvalue weighted by Gasteiger charge is 2.11. The highest BCUT2D eigenvalue weighted by Crippen LogP contribution is 2.17. The molecule has 0 saturated carbocycles. The van der Waals surface area contributed by atoms with Crippen LogP contribution in [0.15, 0.2) is 54.6 Å². The van der Waals surface area contributed by atoms with Crippen molar-refractivity contribution in [3.05, 3.63) is 77.4 Å². The number of benzene rings is 2. The van der Waals surface area contributed by atoms with Crippen molar-refractivity contribution in [1.82, 2.24) is 15.0 Å². The van der Waals surface area contributed by atoms with E-state index in [1.807, 2.05) is 42.5 Å². The Labute approximate surface area is 127 Å². The van der Waals surface area contributed by atoms with Crippen LogP contribution in [-0.2, 0) is 6.61 Å². The van der Waals surface area contributed by atoms with Crippen LogP contribution in [0, 0.1) is 5.82 Å². The lowest BCUT2D eigenvalue weighted by Crippen LogP contribution is -2.00. The van der Waals surface area contributed by atoms with Crippen molar-refractivity contribution in [1.29, 1.82) is 0 Å². The molecule has 0 aliphatic rings. The van der Waals surface area contributed by atoms with Crippen LogP contribution in [0.25, 0.3) is 17.8 Å². The van der Waals surface area contributed by atoms with Gasteiger partial charge >= 0.3 is 0 Å². The smallest absolute Gasteiger partial charge is 0.123 e. The fourth-order valence-corrected chi connectivity index (χ4v) is 2.11. The molecule has 1 N–H and O–H groups in total. The molecule has 0 unspecified atom stereocenters. The third-order valence-electron chi connectivity index (χ3n) is 3.23. The predicted molar refractivity (Wildman–Crippen MR) is 82.6 cm³/mol. The maximum Gasteiger partial charge on any atom is 0.123 e. The van der Waals surface area contributed by atoms with Crippen LogP contribution in [-0.4, -0.2) is 20.1 Å². The second-order valence-electron chi connectivity index (χ2n) is 4.71. The van der Waals surface area contributed by atoms with Crippen molar-refractivity contribution >= 4 is 12.2 Å². The number of hydrogen-bond acceptors (Lipinski definition) is 3. The number of aliphatic hydroxyl groups is 1. The molecular formula is C17H14FN3O. The van der Waals surface area contributed by atoms with Crippen LogP contribution in [0.2, 0.25) is 0 Å². The van der Waals surface area contributed by atoms with Gasteiger partial charge in [-0.15, -0.1) is 5.10 Å². The monoisotopic (exact) mass is 295 g/mol. The predicted octanol–water partition coefficient (Wildman–Crippen LogP) is 3.07. The van der Waals surface area contributed by atoms with Gasteiger partial charge in [-0.25, -0.2) is 9.07 Å². The molecule has 110 valence electrons. The van der Waals surface area contributed by atoms with Crippen molar-refractivity contribution in [3.63, 3.8) is 0 Å². The Hall–Kier alpha value is -2.79. The fourth-order valence-electron chi connectivity index (χ4n) is 2.11. The van der Waals surface area contributed by atoms with E-state index in [0.29, 0.717) is 17.1 Å². The van der Waals surface area contributed by atoms with Gasteiger partial charge in [0.2, 0.25) is 0 Å². The average molecular weight is 295 g/mol. The molecule has 4 nitrogen and oxygen atoms in total. The van der Waals surface area contributed by atoms with Crippen molar-refractivity contribution in [2.75, 3.05) is 0 Å². The normalized spacial score (nSPS) is 11.2. The first-order valence-corrected chi connectivity index (χ1v) is 6.82. The number of aliphatic hydroxyl groups excluding tert-OH is 1. The molecule has 0 saturated heterocycles. The molecule has 0 aliphatic carbocycles. The highest BCUT2D eigenvalue weighted by atomic mass is 19.1. The van der Waals surface area contributed by atoms with Crippen LogP contribution < -0.4 is 0 Å². The van der Waals surface area contributed by atoms with E-state index in [-0.39, 0.29) is 12.4 Å². The average Bonchev–Trinajstić information content (AvgIpc) is 2.97. The summed E-state index contributed by atoms with van der Waals surface area (Å²) in [6.45, 7) is -0.213. The molecule has 0 radical (unpaired) electrons. The van der Waals surface area contributed by atoms with Crippen LogP contribution >= 0.6 is 0 Å². The molecule has 0 aliphatic heterocycles. The Balaban J connectivity index is 2.00. The number of aromatic nitrogens is 3. The van der Waals surface area contributed by atoms with E-state index in [0.717, 1.165) is 5.56 Å². The third-order valence-corrected chi connectivity index (χ3v) is 3.23. The zero-order valence-electron chi connectivity index (χ0n) is 11.7. The van der Waals surface area contributed by atoms with Crippen molar-refractivity contribution in [2.45, 2.75) is 6.61 Å². The maximum atomic E-state index is 13.0. The molecule has 3 aromatic rings. The summed E-state index contributed by atoms with van der Waals surface area (Å²) >= 11 is 0. The van der Waals surface area contributed by atoms with Gasteiger partial charge in [0.1, 0.15) is 11.5 Å². The summed E-state index contributed by atoms with van der Waals surface area (Å²) in [5.41, 5.74) is 2.84. The van der Waals surface area contributed by atoms with E-state index >= 15 is 0 Å². The van der Waals surface area contributed by atoms with E-state index in [1.54, 1.807) is 16.8 Å². The molecular weight excluding hydrogens is 281 g/mol. The number of hydrogen-bond donors (Lipinski definition) is 1. The van der Waals surface area contributed by atoms with Gasteiger partial charge < -0.3 is 5.11 Å². The minimum Gasteiger partial charge on any atom is -0.390 e. The quantitative estimate of drug-likeness (QED) is 0.804. The summed E-state index contributed by atoms with van der Waals surface area (Å²) in [6, 6.07) is 15.7. The van der Waals surface area contributed by atoms with Gasteiger partial charge in [-0.1, -0.05) is 41.6 Å². The Morgan fingerprint density at radius 1 is 1.00 bits per heavy atom. The van der Waals surface area contributed by atoms with E-state index < -0.39 is 0 Å². The Morgan fingerprint density at radius 2 is 1.73 bits per heavy atom. The number of nitrogens with zero attached hydrogens (tertiary/aromatic N) is 3. The van der Waals surface area contributed by atoms with Crippen LogP contribution in [0.3, 0.4) is 0 Å². The van der Waals surface area contributed by atoms with Gasteiger partial charge in [-0.2, -0.15) is 0 Å². The largest absolute Gasteiger partial charge is 0.390 e. The van der Waals surface area contributed by atoms with Gasteiger partial charge in [0.25, 0.3) is 0 Å². The van der Waals surface area contributed by atoms with Crippen LogP contribution in [0.1, 0.15) is 17.0 Å². The van der Waals surface area contributed by atoms with Gasteiger partial charge in [-0.3, -0.25) is 0 Å². The molecule has 0 atom stereocenters. The first-order valence-electron chi connectivity index (χ1n) is 6.82. The molecule has 22 heavy (non-hydrogen) atoms. The first-order chi connectivity index (χ1) is 10.8. The minimum atomic E-state index is -0.312. The minimum absolute atomic E-state index is 0.213. The SMILES string of the molecule is OCc1nnn(-c2ccc(F)cc2)c1/C=C/c1ccccc1. The molecule has 2 aromatic carbocycles. The van der Waals surface area contributed by atoms with Crippen molar-refractivity contribution < 1.29 is 9.50 Å². The Morgan fingerprint density at radius 3 is 2.41 bits per heavy atom. The fraction of sp³-hybridized carbons (Fsp3) is 0.0588. The lowest BCUT2D eigenvalue weighted by molar-refractivity contribution is 0.276. The lowest BCUT2D eigenvalue weighted by atomic mass is 10.2. The zero-order valence-corrected chi connectivity index (χ0v) is 11.7. The summed E-state index contributed by atoms with van der Waals surface area (Å²) in [4.78, 5) is 0.